The molecule has 1 aliphatic carbocycles. The van der Waals surface area contributed by atoms with Gasteiger partial charge >= 0.3 is 0 Å². The van der Waals surface area contributed by atoms with Gasteiger partial charge < -0.3 is 9.64 Å². The highest BCUT2D eigenvalue weighted by Crippen LogP contribution is 2.54. The van der Waals surface area contributed by atoms with Crippen LogP contribution in [-0.4, -0.2) is 29.2 Å². The molecule has 2 fully saturated rings. The lowest BCUT2D eigenvalue weighted by atomic mass is 9.65. The third kappa shape index (κ3) is 3.61. The number of hydrogen-bond acceptors (Lipinski definition) is 5. The number of benzene rings is 1. The van der Waals surface area contributed by atoms with Gasteiger partial charge in [0, 0.05) is 23.0 Å². The van der Waals surface area contributed by atoms with Gasteiger partial charge in [-0.1, -0.05) is 32.9 Å². The summed E-state index contributed by atoms with van der Waals surface area (Å²) in [5, 5.41) is 1.23. The molecule has 0 spiro atoms. The van der Waals surface area contributed by atoms with E-state index in [1.54, 1.807) is 11.3 Å². The molecule has 0 amide bonds. The molecule has 0 N–H and O–H groups in total. The van der Waals surface area contributed by atoms with E-state index in [-0.39, 0.29) is 0 Å². The molecule has 5 heteroatoms. The van der Waals surface area contributed by atoms with Crippen molar-refractivity contribution in [2.24, 2.45) is 10.8 Å². The second kappa shape index (κ2) is 7.19. The second-order valence-electron chi connectivity index (χ2n) is 10.6. The summed E-state index contributed by atoms with van der Waals surface area (Å²) in [7, 11) is 0. The monoisotopic (exact) mass is 435 g/mol. The first-order valence-corrected chi connectivity index (χ1v) is 12.3. The lowest BCUT2D eigenvalue weighted by Crippen LogP contribution is -2.35. The van der Waals surface area contributed by atoms with Crippen molar-refractivity contribution >= 4 is 27.4 Å². The molecule has 164 valence electrons. The molecule has 1 saturated heterocycles. The summed E-state index contributed by atoms with van der Waals surface area (Å²) in [6.07, 6.45) is 3.78. The Bertz CT molecular complexity index is 1130. The lowest BCUT2D eigenvalue weighted by Gasteiger charge is -2.39. The Balaban J connectivity index is 1.66. The predicted octanol–water partition coefficient (Wildman–Crippen LogP) is 6.78. The zero-order chi connectivity index (χ0) is 22.0. The van der Waals surface area contributed by atoms with E-state index in [2.05, 4.69) is 56.9 Å². The largest absolute Gasteiger partial charge is 0.494 e. The van der Waals surface area contributed by atoms with E-state index in [1.165, 1.54) is 40.7 Å². The Kier molecular flexibility index (Phi) is 4.81. The topological polar surface area (TPSA) is 38.3 Å². The van der Waals surface area contributed by atoms with Crippen LogP contribution in [0.3, 0.4) is 0 Å². The smallest absolute Gasteiger partial charge is 0.142 e. The van der Waals surface area contributed by atoms with Crippen molar-refractivity contribution in [3.63, 3.8) is 0 Å². The van der Waals surface area contributed by atoms with Gasteiger partial charge in [0.05, 0.1) is 12.0 Å². The molecular weight excluding hydrogens is 402 g/mol. The van der Waals surface area contributed by atoms with Gasteiger partial charge in [0.25, 0.3) is 0 Å². The highest BCUT2D eigenvalue weighted by molar-refractivity contribution is 7.19. The minimum atomic E-state index is 0.363. The number of aryl methyl sites for hydroxylation is 2. The van der Waals surface area contributed by atoms with E-state index in [0.717, 1.165) is 28.8 Å². The van der Waals surface area contributed by atoms with E-state index < -0.39 is 0 Å². The molecule has 4 nitrogen and oxygen atoms in total. The molecule has 0 radical (unpaired) electrons. The van der Waals surface area contributed by atoms with Crippen LogP contribution in [-0.2, 0) is 0 Å². The van der Waals surface area contributed by atoms with Crippen molar-refractivity contribution in [1.29, 1.82) is 0 Å². The number of hydrogen-bond donors (Lipinski definition) is 0. The fourth-order valence-electron chi connectivity index (χ4n) is 6.34. The number of aromatic nitrogens is 2. The molecule has 1 saturated carbocycles. The van der Waals surface area contributed by atoms with Crippen LogP contribution in [0.5, 0.6) is 5.75 Å². The molecule has 2 bridgehead atoms. The van der Waals surface area contributed by atoms with Crippen LogP contribution in [0, 0.1) is 24.7 Å². The average Bonchev–Trinajstić information content (AvgIpc) is 3.13. The van der Waals surface area contributed by atoms with Gasteiger partial charge in [0.2, 0.25) is 0 Å². The fraction of sp³-hybridized carbons (Fsp3) is 0.538. The molecule has 2 atom stereocenters. The maximum Gasteiger partial charge on any atom is 0.142 e. The number of thiophene rings is 1. The SMILES string of the molecule is CCOc1ccc(-c2c(C)sc3nc(C)nc(N4CC5(C)CC4CC(C)(C)C5)c23)cc1. The Morgan fingerprint density at radius 1 is 1.10 bits per heavy atom. The fourth-order valence-corrected chi connectivity index (χ4v) is 7.43. The van der Waals surface area contributed by atoms with Crippen LogP contribution in [0.2, 0.25) is 0 Å². The summed E-state index contributed by atoms with van der Waals surface area (Å²) >= 11 is 1.79. The molecule has 1 aliphatic heterocycles. The van der Waals surface area contributed by atoms with Gasteiger partial charge in [-0.05, 0) is 68.6 Å². The molecule has 3 heterocycles. The molecule has 2 aliphatic rings. The van der Waals surface area contributed by atoms with Gasteiger partial charge in [-0.15, -0.1) is 11.3 Å². The molecule has 3 aromatic rings. The standard InChI is InChI=1S/C26H33N3OS/c1-7-30-20-10-8-18(9-11-20)21-16(2)31-24-22(21)23(27-17(3)28-24)29-15-26(6)13-19(29)12-25(4,5)14-26/h8-11,19H,7,12-15H2,1-6H3. The Hall–Kier alpha value is -2.14. The molecule has 2 aromatic heterocycles. The van der Waals surface area contributed by atoms with Gasteiger partial charge in [-0.25, -0.2) is 9.97 Å². The van der Waals surface area contributed by atoms with E-state index in [1.807, 2.05) is 13.8 Å². The quantitative estimate of drug-likeness (QED) is 0.453. The second-order valence-corrected chi connectivity index (χ2v) is 11.8. The number of anilines is 1. The van der Waals surface area contributed by atoms with E-state index in [9.17, 15) is 0 Å². The molecule has 31 heavy (non-hydrogen) atoms. The third-order valence-electron chi connectivity index (χ3n) is 6.96. The maximum absolute atomic E-state index is 5.66. The maximum atomic E-state index is 5.66. The van der Waals surface area contributed by atoms with Gasteiger partial charge in [0.1, 0.15) is 22.2 Å². The molecule has 2 unspecified atom stereocenters. The Morgan fingerprint density at radius 2 is 1.84 bits per heavy atom. The summed E-state index contributed by atoms with van der Waals surface area (Å²) in [4.78, 5) is 14.9. The Labute approximate surface area is 189 Å². The lowest BCUT2D eigenvalue weighted by molar-refractivity contribution is 0.136. The number of nitrogens with zero attached hydrogens (tertiary/aromatic N) is 3. The van der Waals surface area contributed by atoms with Crippen LogP contribution in [0.1, 0.15) is 57.7 Å². The van der Waals surface area contributed by atoms with Crippen LogP contribution >= 0.6 is 11.3 Å². The number of rotatable bonds is 4. The number of fused-ring (bicyclic) bond motifs is 3. The average molecular weight is 436 g/mol. The summed E-state index contributed by atoms with van der Waals surface area (Å²) in [6.45, 7) is 15.4. The molecular formula is C26H33N3OS. The minimum absolute atomic E-state index is 0.363. The van der Waals surface area contributed by atoms with E-state index in [4.69, 9.17) is 14.7 Å². The van der Waals surface area contributed by atoms with Crippen molar-refractivity contribution in [3.8, 4) is 16.9 Å². The van der Waals surface area contributed by atoms with Gasteiger partial charge in [-0.2, -0.15) is 0 Å². The van der Waals surface area contributed by atoms with Gasteiger partial charge in [-0.3, -0.25) is 0 Å². The zero-order valence-electron chi connectivity index (χ0n) is 19.6. The van der Waals surface area contributed by atoms with E-state index in [0.29, 0.717) is 23.5 Å². The summed E-state index contributed by atoms with van der Waals surface area (Å²) < 4.78 is 5.66. The van der Waals surface area contributed by atoms with Gasteiger partial charge in [0.15, 0.2) is 0 Å². The summed E-state index contributed by atoms with van der Waals surface area (Å²) in [5.74, 6) is 2.93. The Morgan fingerprint density at radius 3 is 2.55 bits per heavy atom. The van der Waals surface area contributed by atoms with Crippen molar-refractivity contribution in [1.82, 2.24) is 9.97 Å². The van der Waals surface area contributed by atoms with Crippen LogP contribution in [0.15, 0.2) is 24.3 Å². The number of ether oxygens (including phenoxy) is 1. The van der Waals surface area contributed by atoms with E-state index >= 15 is 0 Å². The van der Waals surface area contributed by atoms with Crippen molar-refractivity contribution in [2.75, 3.05) is 18.1 Å². The van der Waals surface area contributed by atoms with Crippen LogP contribution in [0.4, 0.5) is 5.82 Å². The normalized spacial score (nSPS) is 24.7. The third-order valence-corrected chi connectivity index (χ3v) is 7.96. The zero-order valence-corrected chi connectivity index (χ0v) is 20.4. The van der Waals surface area contributed by atoms with Crippen LogP contribution < -0.4 is 9.64 Å². The van der Waals surface area contributed by atoms with Crippen LogP contribution in [0.25, 0.3) is 21.3 Å². The molecule has 1 aromatic carbocycles. The molecule has 5 rings (SSSR count). The summed E-state index contributed by atoms with van der Waals surface area (Å²) in [5.41, 5.74) is 3.25. The first-order valence-electron chi connectivity index (χ1n) is 11.5. The highest BCUT2D eigenvalue weighted by atomic mass is 32.1. The highest BCUT2D eigenvalue weighted by Gasteiger charge is 2.50. The van der Waals surface area contributed by atoms with Crippen molar-refractivity contribution < 1.29 is 4.74 Å². The van der Waals surface area contributed by atoms with Crippen molar-refractivity contribution in [2.45, 2.75) is 66.8 Å². The summed E-state index contributed by atoms with van der Waals surface area (Å²) in [6, 6.07) is 9.05. The first kappa shape index (κ1) is 20.7. The minimum Gasteiger partial charge on any atom is -0.494 e. The van der Waals surface area contributed by atoms with Crippen molar-refractivity contribution in [3.05, 3.63) is 35.0 Å². The predicted molar refractivity (Wildman–Crippen MR) is 130 cm³/mol. The first-order chi connectivity index (χ1) is 14.7.